The number of rotatable bonds is 3. The van der Waals surface area contributed by atoms with Crippen LogP contribution in [-0.2, 0) is 7.05 Å². The molecule has 1 heterocycles. The average Bonchev–Trinajstić information content (AvgIpc) is 2.84. The zero-order chi connectivity index (χ0) is 13.7. The first-order chi connectivity index (χ1) is 9.72. The second kappa shape index (κ2) is 4.60. The Hall–Kier alpha value is -1.34. The van der Waals surface area contributed by atoms with Crippen LogP contribution in [0, 0.1) is 35.0 Å². The normalized spacial score (nSPS) is 39.7. The first kappa shape index (κ1) is 12.4. The molecule has 0 amide bonds. The number of aryl methyl sites for hydroxylation is 1. The van der Waals surface area contributed by atoms with E-state index in [2.05, 4.69) is 16.5 Å². The molecule has 4 aliphatic carbocycles. The Morgan fingerprint density at radius 2 is 1.90 bits per heavy atom. The molecule has 4 aliphatic rings. The monoisotopic (exact) mass is 270 g/mol. The van der Waals surface area contributed by atoms with E-state index in [1.54, 1.807) is 4.68 Å². The molecule has 1 aromatic heterocycles. The number of hydrogen-bond donors (Lipinski definition) is 1. The molecule has 1 atom stereocenters. The Morgan fingerprint density at radius 3 is 2.40 bits per heavy atom. The highest BCUT2D eigenvalue weighted by molar-refractivity contribution is 5.19. The van der Waals surface area contributed by atoms with Gasteiger partial charge in [-0.25, -0.2) is 0 Å². The molecule has 20 heavy (non-hydrogen) atoms. The van der Waals surface area contributed by atoms with Gasteiger partial charge in [0, 0.05) is 24.8 Å². The fraction of sp³-hybridized carbons (Fsp3) is 0.750. The van der Waals surface area contributed by atoms with Gasteiger partial charge in [-0.05, 0) is 55.8 Å². The smallest absolute Gasteiger partial charge is 0.124 e. The van der Waals surface area contributed by atoms with E-state index in [4.69, 9.17) is 0 Å². The van der Waals surface area contributed by atoms with Gasteiger partial charge in [-0.1, -0.05) is 0 Å². The van der Waals surface area contributed by atoms with E-state index in [1.807, 2.05) is 19.4 Å². The number of nitriles is 1. The highest BCUT2D eigenvalue weighted by atomic mass is 15.2. The van der Waals surface area contributed by atoms with E-state index in [9.17, 15) is 5.26 Å². The van der Waals surface area contributed by atoms with Crippen LogP contribution in [0.15, 0.2) is 12.4 Å². The molecule has 4 heteroatoms. The molecule has 4 bridgehead atoms. The third-order valence-corrected chi connectivity index (χ3v) is 5.77. The predicted molar refractivity (Wildman–Crippen MR) is 75.5 cm³/mol. The minimum absolute atomic E-state index is 0.203. The fourth-order valence-corrected chi connectivity index (χ4v) is 5.19. The second-order valence-electron chi connectivity index (χ2n) is 7.13. The number of nitrogens with zero attached hydrogens (tertiary/aromatic N) is 3. The van der Waals surface area contributed by atoms with Crippen LogP contribution in [0.25, 0.3) is 0 Å². The van der Waals surface area contributed by atoms with Crippen LogP contribution in [0.3, 0.4) is 0 Å². The second-order valence-corrected chi connectivity index (χ2v) is 7.13. The average molecular weight is 270 g/mol. The summed E-state index contributed by atoms with van der Waals surface area (Å²) in [6.07, 6.45) is 10.8. The van der Waals surface area contributed by atoms with Crippen molar-refractivity contribution >= 4 is 0 Å². The van der Waals surface area contributed by atoms with E-state index < -0.39 is 0 Å². The summed E-state index contributed by atoms with van der Waals surface area (Å²) in [4.78, 5) is 0. The van der Waals surface area contributed by atoms with Crippen molar-refractivity contribution in [3.63, 3.8) is 0 Å². The van der Waals surface area contributed by atoms with Crippen molar-refractivity contribution in [2.75, 3.05) is 0 Å². The summed E-state index contributed by atoms with van der Waals surface area (Å²) >= 11 is 0. The van der Waals surface area contributed by atoms with Crippen molar-refractivity contribution in [2.45, 2.75) is 44.2 Å². The largest absolute Gasteiger partial charge is 0.295 e. The molecule has 0 saturated heterocycles. The Bertz CT molecular complexity index is 513. The van der Waals surface area contributed by atoms with E-state index in [0.717, 1.165) is 29.2 Å². The fourth-order valence-electron chi connectivity index (χ4n) is 5.19. The van der Waals surface area contributed by atoms with Gasteiger partial charge >= 0.3 is 0 Å². The minimum atomic E-state index is -0.203. The molecule has 0 aliphatic heterocycles. The highest BCUT2D eigenvalue weighted by Gasteiger charge is 2.48. The van der Waals surface area contributed by atoms with Crippen LogP contribution in [0.4, 0.5) is 0 Å². The van der Waals surface area contributed by atoms with E-state index >= 15 is 0 Å². The van der Waals surface area contributed by atoms with E-state index in [0.29, 0.717) is 6.04 Å². The number of hydrogen-bond acceptors (Lipinski definition) is 3. The van der Waals surface area contributed by atoms with Crippen molar-refractivity contribution in [3.8, 4) is 6.07 Å². The summed E-state index contributed by atoms with van der Waals surface area (Å²) < 4.78 is 1.78. The summed E-state index contributed by atoms with van der Waals surface area (Å²) in [7, 11) is 1.90. The van der Waals surface area contributed by atoms with Crippen LogP contribution in [0.1, 0.15) is 43.7 Å². The Labute approximate surface area is 120 Å². The Morgan fingerprint density at radius 1 is 1.25 bits per heavy atom. The van der Waals surface area contributed by atoms with Gasteiger partial charge < -0.3 is 0 Å². The van der Waals surface area contributed by atoms with Gasteiger partial charge in [-0.3, -0.25) is 10.00 Å². The van der Waals surface area contributed by atoms with Crippen molar-refractivity contribution < 1.29 is 0 Å². The van der Waals surface area contributed by atoms with Crippen LogP contribution in [0.2, 0.25) is 0 Å². The predicted octanol–water partition coefficient (Wildman–Crippen LogP) is 2.40. The summed E-state index contributed by atoms with van der Waals surface area (Å²) in [5.41, 5.74) is 1.00. The summed E-state index contributed by atoms with van der Waals surface area (Å²) in [5, 5.41) is 17.4. The SMILES string of the molecule is Cn1cc(C(C#N)NC2C3CC4CC(C3)CC2C4)cn1. The number of aromatic nitrogens is 2. The zero-order valence-electron chi connectivity index (χ0n) is 12.0. The molecule has 1 N–H and O–H groups in total. The molecule has 106 valence electrons. The minimum Gasteiger partial charge on any atom is -0.295 e. The maximum absolute atomic E-state index is 9.49. The van der Waals surface area contributed by atoms with Gasteiger partial charge in [-0.15, -0.1) is 0 Å². The van der Waals surface area contributed by atoms with Gasteiger partial charge in [0.1, 0.15) is 6.04 Å². The summed E-state index contributed by atoms with van der Waals surface area (Å²) in [5.74, 6) is 3.57. The standard InChI is InChI=1S/C16H22N4/c1-20-9-14(8-18-20)15(7-17)19-16-12-3-10-2-11(5-12)6-13(16)4-10/h8-13,15-16,19H,2-6H2,1H3. The molecule has 1 aromatic rings. The molecule has 0 aromatic carbocycles. The molecule has 0 spiro atoms. The maximum atomic E-state index is 9.49. The molecule has 1 unspecified atom stereocenters. The highest BCUT2D eigenvalue weighted by Crippen LogP contribution is 2.54. The lowest BCUT2D eigenvalue weighted by Crippen LogP contribution is -2.55. The maximum Gasteiger partial charge on any atom is 0.124 e. The Balaban J connectivity index is 1.52. The van der Waals surface area contributed by atoms with Gasteiger partial charge in [0.2, 0.25) is 0 Å². The van der Waals surface area contributed by atoms with Crippen molar-refractivity contribution in [1.82, 2.24) is 15.1 Å². The van der Waals surface area contributed by atoms with Crippen molar-refractivity contribution in [1.29, 1.82) is 5.26 Å². The molecular weight excluding hydrogens is 248 g/mol. The molecule has 4 nitrogen and oxygen atoms in total. The number of nitrogens with one attached hydrogen (secondary N) is 1. The molecule has 0 radical (unpaired) electrons. The molecule has 5 rings (SSSR count). The lowest BCUT2D eigenvalue weighted by Gasteiger charge is -2.55. The van der Waals surface area contributed by atoms with E-state index in [-0.39, 0.29) is 6.04 Å². The van der Waals surface area contributed by atoms with Crippen molar-refractivity contribution in [2.24, 2.45) is 30.7 Å². The Kier molecular flexibility index (Phi) is 2.85. The first-order valence-electron chi connectivity index (χ1n) is 7.87. The van der Waals surface area contributed by atoms with Gasteiger partial charge in [0.15, 0.2) is 0 Å². The first-order valence-corrected chi connectivity index (χ1v) is 7.87. The quantitative estimate of drug-likeness (QED) is 0.917. The zero-order valence-corrected chi connectivity index (χ0v) is 12.0. The molecule has 4 saturated carbocycles. The third-order valence-electron chi connectivity index (χ3n) is 5.77. The summed E-state index contributed by atoms with van der Waals surface area (Å²) in [6, 6.07) is 2.77. The molecular formula is C16H22N4. The molecule has 4 fully saturated rings. The van der Waals surface area contributed by atoms with Crippen LogP contribution in [-0.4, -0.2) is 15.8 Å². The van der Waals surface area contributed by atoms with Crippen LogP contribution < -0.4 is 5.32 Å². The van der Waals surface area contributed by atoms with Gasteiger partial charge in [0.05, 0.1) is 12.3 Å². The van der Waals surface area contributed by atoms with E-state index in [1.165, 1.54) is 32.1 Å². The lowest BCUT2D eigenvalue weighted by molar-refractivity contribution is -0.0157. The van der Waals surface area contributed by atoms with Crippen molar-refractivity contribution in [3.05, 3.63) is 18.0 Å². The topological polar surface area (TPSA) is 53.6 Å². The third kappa shape index (κ3) is 1.96. The summed E-state index contributed by atoms with van der Waals surface area (Å²) in [6.45, 7) is 0. The van der Waals surface area contributed by atoms with Gasteiger partial charge in [-0.2, -0.15) is 10.4 Å². The van der Waals surface area contributed by atoms with Crippen LogP contribution >= 0.6 is 0 Å². The van der Waals surface area contributed by atoms with Crippen LogP contribution in [0.5, 0.6) is 0 Å². The lowest BCUT2D eigenvalue weighted by atomic mass is 9.54. The van der Waals surface area contributed by atoms with Gasteiger partial charge in [0.25, 0.3) is 0 Å².